The number of nitrogens with zero attached hydrogens (tertiary/aromatic N) is 4. The van der Waals surface area contributed by atoms with Crippen LogP contribution in [-0.4, -0.2) is 70.7 Å². The molecule has 2 aromatic carbocycles. The third kappa shape index (κ3) is 3.70. The van der Waals surface area contributed by atoms with Gasteiger partial charge < -0.3 is 18.9 Å². The molecule has 3 aromatic rings. The molecule has 5 rings (SSSR count). The second kappa shape index (κ2) is 7.95. The lowest BCUT2D eigenvalue weighted by Crippen LogP contribution is -2.54. The number of piperazine rings is 1. The molecule has 156 valence electrons. The fraction of sp³-hybridized carbons (Fsp3) is 0.364. The lowest BCUT2D eigenvalue weighted by Gasteiger charge is -2.37. The fourth-order valence-electron chi connectivity index (χ4n) is 4.00. The van der Waals surface area contributed by atoms with Gasteiger partial charge in [-0.3, -0.25) is 9.69 Å². The number of fused-ring (bicyclic) bond motifs is 2. The van der Waals surface area contributed by atoms with Gasteiger partial charge in [0.15, 0.2) is 11.5 Å². The Hall–Kier alpha value is -3.13. The van der Waals surface area contributed by atoms with Gasteiger partial charge in [0, 0.05) is 45.3 Å². The summed E-state index contributed by atoms with van der Waals surface area (Å²) in [6.07, 6.45) is 1.16. The van der Waals surface area contributed by atoms with Crippen LogP contribution in [0.25, 0.3) is 11.0 Å². The average Bonchev–Trinajstić information content (AvgIpc) is 3.19. The van der Waals surface area contributed by atoms with Gasteiger partial charge in [-0.1, -0.05) is 12.1 Å². The zero-order valence-corrected chi connectivity index (χ0v) is 16.5. The summed E-state index contributed by atoms with van der Waals surface area (Å²) in [5.41, 5.74) is 1.60. The maximum absolute atomic E-state index is 13.3. The average molecular weight is 410 g/mol. The van der Waals surface area contributed by atoms with E-state index in [4.69, 9.17) is 9.47 Å². The van der Waals surface area contributed by atoms with Crippen molar-refractivity contribution in [2.45, 2.75) is 12.6 Å². The van der Waals surface area contributed by atoms with E-state index < -0.39 is 6.10 Å². The van der Waals surface area contributed by atoms with Crippen LogP contribution in [0.4, 0.5) is 4.39 Å². The van der Waals surface area contributed by atoms with E-state index in [0.29, 0.717) is 30.1 Å². The zero-order valence-electron chi connectivity index (χ0n) is 16.5. The lowest BCUT2D eigenvalue weighted by atomic mass is 10.2. The molecular weight excluding hydrogens is 387 g/mol. The van der Waals surface area contributed by atoms with Crippen LogP contribution in [0.1, 0.15) is 0 Å². The number of para-hydroxylation sites is 2. The summed E-state index contributed by atoms with van der Waals surface area (Å²) in [5.74, 6) is 1.01. The Bertz CT molecular complexity index is 1060. The van der Waals surface area contributed by atoms with Crippen molar-refractivity contribution in [2.75, 3.05) is 39.3 Å². The van der Waals surface area contributed by atoms with Gasteiger partial charge in [0.25, 0.3) is 5.91 Å². The van der Waals surface area contributed by atoms with E-state index in [-0.39, 0.29) is 18.3 Å². The molecule has 1 amide bonds. The molecular formula is C22H23FN4O3. The monoisotopic (exact) mass is 410 g/mol. The van der Waals surface area contributed by atoms with Crippen LogP contribution >= 0.6 is 0 Å². The van der Waals surface area contributed by atoms with Crippen molar-refractivity contribution < 1.29 is 18.7 Å². The number of amides is 1. The molecule has 0 bridgehead atoms. The van der Waals surface area contributed by atoms with Crippen molar-refractivity contribution >= 4 is 16.9 Å². The van der Waals surface area contributed by atoms with Gasteiger partial charge in [-0.05, 0) is 24.3 Å². The SMILES string of the molecule is O=C(C1COc2ccccc2O1)N1CCN(CCn2cnc3cc(F)ccc32)CC1. The van der Waals surface area contributed by atoms with Gasteiger partial charge in [0.1, 0.15) is 12.4 Å². The summed E-state index contributed by atoms with van der Waals surface area (Å²) in [6, 6.07) is 12.1. The maximum atomic E-state index is 13.3. The van der Waals surface area contributed by atoms with Crippen LogP contribution in [0.15, 0.2) is 48.8 Å². The number of ether oxygens (including phenoxy) is 2. The summed E-state index contributed by atoms with van der Waals surface area (Å²) < 4.78 is 26.9. The van der Waals surface area contributed by atoms with Crippen molar-refractivity contribution in [1.82, 2.24) is 19.4 Å². The van der Waals surface area contributed by atoms with Crippen molar-refractivity contribution in [2.24, 2.45) is 0 Å². The van der Waals surface area contributed by atoms with E-state index in [2.05, 4.69) is 9.88 Å². The Morgan fingerprint density at radius 3 is 2.70 bits per heavy atom. The van der Waals surface area contributed by atoms with Crippen LogP contribution in [0.3, 0.4) is 0 Å². The van der Waals surface area contributed by atoms with E-state index in [9.17, 15) is 9.18 Å². The summed E-state index contributed by atoms with van der Waals surface area (Å²) in [7, 11) is 0. The van der Waals surface area contributed by atoms with Crippen LogP contribution in [-0.2, 0) is 11.3 Å². The predicted octanol–water partition coefficient (Wildman–Crippen LogP) is 2.16. The number of imidazole rings is 1. The van der Waals surface area contributed by atoms with Gasteiger partial charge in [0.2, 0.25) is 6.10 Å². The molecule has 1 atom stereocenters. The number of halogens is 1. The molecule has 1 aromatic heterocycles. The number of aromatic nitrogens is 2. The molecule has 8 heteroatoms. The highest BCUT2D eigenvalue weighted by Gasteiger charge is 2.32. The van der Waals surface area contributed by atoms with Crippen molar-refractivity contribution in [1.29, 1.82) is 0 Å². The third-order valence-corrected chi connectivity index (χ3v) is 5.71. The van der Waals surface area contributed by atoms with E-state index in [0.717, 1.165) is 31.7 Å². The Balaban J connectivity index is 1.13. The molecule has 0 aliphatic carbocycles. The summed E-state index contributed by atoms with van der Waals surface area (Å²) in [4.78, 5) is 21.3. The molecule has 1 saturated heterocycles. The lowest BCUT2D eigenvalue weighted by molar-refractivity contribution is -0.143. The number of benzene rings is 2. The fourth-order valence-corrected chi connectivity index (χ4v) is 4.00. The Kier molecular flexibility index (Phi) is 5.00. The number of hydrogen-bond acceptors (Lipinski definition) is 5. The van der Waals surface area contributed by atoms with Crippen molar-refractivity contribution in [3.05, 3.63) is 54.6 Å². The first-order valence-electron chi connectivity index (χ1n) is 10.2. The van der Waals surface area contributed by atoms with Gasteiger partial charge >= 0.3 is 0 Å². The predicted molar refractivity (Wildman–Crippen MR) is 109 cm³/mol. The quantitative estimate of drug-likeness (QED) is 0.660. The van der Waals surface area contributed by atoms with E-state index in [1.54, 1.807) is 12.4 Å². The van der Waals surface area contributed by atoms with Gasteiger partial charge in [0.05, 0.1) is 17.4 Å². The molecule has 0 radical (unpaired) electrons. The molecule has 3 heterocycles. The summed E-state index contributed by atoms with van der Waals surface area (Å²) in [5, 5.41) is 0. The molecule has 0 N–H and O–H groups in total. The smallest absolute Gasteiger partial charge is 0.267 e. The second-order valence-electron chi connectivity index (χ2n) is 7.60. The highest BCUT2D eigenvalue weighted by molar-refractivity contribution is 5.82. The number of carbonyl (C=O) groups is 1. The van der Waals surface area contributed by atoms with E-state index in [1.807, 2.05) is 33.7 Å². The molecule has 0 saturated carbocycles. The van der Waals surface area contributed by atoms with Crippen LogP contribution < -0.4 is 9.47 Å². The number of hydrogen-bond donors (Lipinski definition) is 0. The first-order valence-corrected chi connectivity index (χ1v) is 10.2. The van der Waals surface area contributed by atoms with Crippen molar-refractivity contribution in [3.63, 3.8) is 0 Å². The van der Waals surface area contributed by atoms with Crippen LogP contribution in [0.5, 0.6) is 11.5 Å². The highest BCUT2D eigenvalue weighted by Crippen LogP contribution is 2.31. The Morgan fingerprint density at radius 2 is 1.87 bits per heavy atom. The van der Waals surface area contributed by atoms with E-state index >= 15 is 0 Å². The minimum atomic E-state index is -0.593. The van der Waals surface area contributed by atoms with E-state index in [1.165, 1.54) is 12.1 Å². The zero-order chi connectivity index (χ0) is 20.5. The first kappa shape index (κ1) is 18.9. The summed E-state index contributed by atoms with van der Waals surface area (Å²) >= 11 is 0. The maximum Gasteiger partial charge on any atom is 0.267 e. The van der Waals surface area contributed by atoms with Crippen LogP contribution in [0.2, 0.25) is 0 Å². The highest BCUT2D eigenvalue weighted by atomic mass is 19.1. The molecule has 1 fully saturated rings. The molecule has 30 heavy (non-hydrogen) atoms. The standard InChI is InChI=1S/C22H23FN4O3/c23-16-5-6-18-17(13-16)24-15-27(18)12-9-25-7-10-26(11-8-25)22(28)21-14-29-19-3-1-2-4-20(19)30-21/h1-6,13,15,21H,7-12,14H2. The topological polar surface area (TPSA) is 59.8 Å². The molecule has 0 spiro atoms. The second-order valence-corrected chi connectivity index (χ2v) is 7.60. The minimum absolute atomic E-state index is 0.0215. The normalized spacial score (nSPS) is 19.2. The molecule has 7 nitrogen and oxygen atoms in total. The van der Waals surface area contributed by atoms with Gasteiger partial charge in [-0.15, -0.1) is 0 Å². The number of rotatable bonds is 4. The first-order chi connectivity index (χ1) is 14.7. The van der Waals surface area contributed by atoms with Crippen molar-refractivity contribution in [3.8, 4) is 11.5 Å². The Labute approximate surface area is 173 Å². The van der Waals surface area contributed by atoms with Gasteiger partial charge in [-0.25, -0.2) is 9.37 Å². The molecule has 2 aliphatic rings. The largest absolute Gasteiger partial charge is 0.485 e. The summed E-state index contributed by atoms with van der Waals surface area (Å²) in [6.45, 7) is 4.79. The van der Waals surface area contributed by atoms with Gasteiger partial charge in [-0.2, -0.15) is 0 Å². The minimum Gasteiger partial charge on any atom is -0.485 e. The Morgan fingerprint density at radius 1 is 1.07 bits per heavy atom. The molecule has 1 unspecified atom stereocenters. The number of carbonyl (C=O) groups excluding carboxylic acids is 1. The molecule has 2 aliphatic heterocycles. The third-order valence-electron chi connectivity index (χ3n) is 5.71. The van der Waals surface area contributed by atoms with Crippen LogP contribution in [0, 0.1) is 5.82 Å².